The largest absolute Gasteiger partial charge is 0.462 e. The lowest BCUT2D eigenvalue weighted by Crippen LogP contribution is -2.48. The molecule has 4 aliphatic carbocycles. The van der Waals surface area contributed by atoms with Crippen molar-refractivity contribution in [2.24, 2.45) is 29.1 Å². The maximum Gasteiger partial charge on any atom is 0.302 e. The van der Waals surface area contributed by atoms with Gasteiger partial charge in [-0.05, 0) is 75.0 Å². The first kappa shape index (κ1) is 15.7. The molecule has 0 N–H and O–H groups in total. The Morgan fingerprint density at radius 3 is 2.83 bits per heavy atom. The van der Waals surface area contributed by atoms with Crippen molar-refractivity contribution in [3.63, 3.8) is 0 Å². The average molecular weight is 320 g/mol. The van der Waals surface area contributed by atoms with Crippen molar-refractivity contribution < 1.29 is 13.9 Å². The van der Waals surface area contributed by atoms with Crippen LogP contribution in [0.5, 0.6) is 0 Å². The third-order valence-electron chi connectivity index (χ3n) is 7.61. The Labute approximate surface area is 138 Å². The summed E-state index contributed by atoms with van der Waals surface area (Å²) in [7, 11) is 0. The summed E-state index contributed by atoms with van der Waals surface area (Å²) in [5.74, 6) is 2.64. The van der Waals surface area contributed by atoms with Crippen molar-refractivity contribution >= 4 is 5.97 Å². The van der Waals surface area contributed by atoms with Crippen LogP contribution >= 0.6 is 0 Å². The van der Waals surface area contributed by atoms with Gasteiger partial charge in [-0.1, -0.05) is 18.6 Å². The van der Waals surface area contributed by atoms with Crippen LogP contribution < -0.4 is 0 Å². The molecule has 3 heteroatoms. The van der Waals surface area contributed by atoms with Crippen LogP contribution in [-0.4, -0.2) is 18.2 Å². The molecule has 2 nitrogen and oxygen atoms in total. The van der Waals surface area contributed by atoms with Crippen LogP contribution in [0.15, 0.2) is 11.6 Å². The molecule has 7 atom stereocenters. The van der Waals surface area contributed by atoms with Crippen LogP contribution in [0.25, 0.3) is 0 Å². The molecule has 3 saturated carbocycles. The summed E-state index contributed by atoms with van der Waals surface area (Å²) in [5.41, 5.74) is 1.58. The van der Waals surface area contributed by atoms with E-state index in [1.54, 1.807) is 0 Å². The predicted octanol–water partition coefficient (Wildman–Crippen LogP) is 4.83. The average Bonchev–Trinajstić information content (AvgIpc) is 2.83. The number of alkyl halides is 1. The lowest BCUT2D eigenvalue weighted by atomic mass is 9.53. The first-order valence-corrected chi connectivity index (χ1v) is 9.49. The van der Waals surface area contributed by atoms with E-state index < -0.39 is 6.17 Å². The molecule has 3 fully saturated rings. The normalized spacial score (nSPS) is 48.7. The molecule has 0 bridgehead atoms. The summed E-state index contributed by atoms with van der Waals surface area (Å²) in [5, 5.41) is 0. The smallest absolute Gasteiger partial charge is 0.302 e. The van der Waals surface area contributed by atoms with Gasteiger partial charge in [0.1, 0.15) is 12.3 Å². The van der Waals surface area contributed by atoms with E-state index in [0.29, 0.717) is 18.3 Å². The standard InChI is InChI=1S/C20H29FO2/c1-12(22)23-19-8-7-18-17-5-3-13-11-14(21)4-6-15(13)16(17)9-10-20(18,19)2/h3,14-19H,4-11H2,1-2H3/t14-,15?,16?,17?,18?,19-,20?/m0/s1. The molecular weight excluding hydrogens is 291 g/mol. The quantitative estimate of drug-likeness (QED) is 0.511. The molecule has 5 unspecified atom stereocenters. The summed E-state index contributed by atoms with van der Waals surface area (Å²) in [6.45, 7) is 3.89. The Hall–Kier alpha value is -0.860. The first-order valence-electron chi connectivity index (χ1n) is 9.49. The zero-order valence-electron chi connectivity index (χ0n) is 14.4. The number of allylic oxidation sites excluding steroid dienone is 2. The van der Waals surface area contributed by atoms with Crippen LogP contribution in [0.2, 0.25) is 0 Å². The van der Waals surface area contributed by atoms with Crippen molar-refractivity contribution in [2.45, 2.75) is 77.5 Å². The fraction of sp³-hybridized carbons (Fsp3) is 0.850. The van der Waals surface area contributed by atoms with Crippen molar-refractivity contribution in [1.29, 1.82) is 0 Å². The molecule has 0 aromatic heterocycles. The lowest BCUT2D eigenvalue weighted by molar-refractivity contribution is -0.155. The summed E-state index contributed by atoms with van der Waals surface area (Å²) < 4.78 is 19.4. The zero-order chi connectivity index (χ0) is 16.2. The third-order valence-corrected chi connectivity index (χ3v) is 7.61. The molecule has 0 spiro atoms. The Kier molecular flexibility index (Phi) is 3.81. The summed E-state index contributed by atoms with van der Waals surface area (Å²) in [6.07, 6.45) is 10.1. The number of halogens is 1. The fourth-order valence-electron chi connectivity index (χ4n) is 6.57. The highest BCUT2D eigenvalue weighted by Crippen LogP contribution is 2.62. The first-order chi connectivity index (χ1) is 11.0. The molecule has 0 aromatic carbocycles. The lowest BCUT2D eigenvalue weighted by Gasteiger charge is -2.53. The van der Waals surface area contributed by atoms with E-state index in [-0.39, 0.29) is 17.5 Å². The number of ether oxygens (including phenoxy) is 1. The number of hydrogen-bond acceptors (Lipinski definition) is 2. The second-order valence-electron chi connectivity index (χ2n) is 8.65. The van der Waals surface area contributed by atoms with E-state index in [1.807, 2.05) is 0 Å². The van der Waals surface area contributed by atoms with Gasteiger partial charge in [0.05, 0.1) is 0 Å². The second-order valence-corrected chi connectivity index (χ2v) is 8.65. The molecule has 0 radical (unpaired) electrons. The highest BCUT2D eigenvalue weighted by Gasteiger charge is 2.57. The molecular formula is C20H29FO2. The highest BCUT2D eigenvalue weighted by atomic mass is 19.1. The maximum absolute atomic E-state index is 13.7. The molecule has 4 rings (SSSR count). The van der Waals surface area contributed by atoms with Gasteiger partial charge in [0.2, 0.25) is 0 Å². The minimum Gasteiger partial charge on any atom is -0.462 e. The van der Waals surface area contributed by atoms with Gasteiger partial charge in [-0.15, -0.1) is 0 Å². The van der Waals surface area contributed by atoms with Crippen molar-refractivity contribution in [2.75, 3.05) is 0 Å². The SMILES string of the molecule is CC(=O)O[C@H]1CCC2C3CC=C4C[C@@H](F)CCC4C3CCC21C. The predicted molar refractivity (Wildman–Crippen MR) is 87.5 cm³/mol. The van der Waals surface area contributed by atoms with Crippen molar-refractivity contribution in [1.82, 2.24) is 0 Å². The van der Waals surface area contributed by atoms with Gasteiger partial charge < -0.3 is 4.74 Å². The van der Waals surface area contributed by atoms with E-state index in [2.05, 4.69) is 13.0 Å². The number of carbonyl (C=O) groups excluding carboxylic acids is 1. The monoisotopic (exact) mass is 320 g/mol. The van der Waals surface area contributed by atoms with Crippen LogP contribution in [0.3, 0.4) is 0 Å². The Balaban J connectivity index is 1.57. The molecule has 0 aliphatic heterocycles. The van der Waals surface area contributed by atoms with Crippen LogP contribution in [0.4, 0.5) is 4.39 Å². The molecule has 0 amide bonds. The molecule has 23 heavy (non-hydrogen) atoms. The molecule has 128 valence electrons. The van der Waals surface area contributed by atoms with Gasteiger partial charge in [-0.2, -0.15) is 0 Å². The van der Waals surface area contributed by atoms with Gasteiger partial charge in [-0.25, -0.2) is 4.39 Å². The van der Waals surface area contributed by atoms with Crippen molar-refractivity contribution in [3.8, 4) is 0 Å². The minimum atomic E-state index is -0.609. The zero-order valence-corrected chi connectivity index (χ0v) is 14.4. The highest BCUT2D eigenvalue weighted by molar-refractivity contribution is 5.66. The van der Waals surface area contributed by atoms with Gasteiger partial charge in [0.25, 0.3) is 0 Å². The minimum absolute atomic E-state index is 0.109. The van der Waals surface area contributed by atoms with Gasteiger partial charge in [0.15, 0.2) is 0 Å². The van der Waals surface area contributed by atoms with Gasteiger partial charge in [-0.3, -0.25) is 4.79 Å². The molecule has 0 aromatic rings. The summed E-state index contributed by atoms with van der Waals surface area (Å²) in [4.78, 5) is 11.5. The number of rotatable bonds is 1. The second kappa shape index (κ2) is 5.60. The van der Waals surface area contributed by atoms with E-state index >= 15 is 0 Å². The number of esters is 1. The molecule has 0 heterocycles. The Bertz CT molecular complexity index is 528. The number of carbonyl (C=O) groups is 1. The maximum atomic E-state index is 13.7. The molecule has 0 saturated heterocycles. The van der Waals surface area contributed by atoms with E-state index in [0.717, 1.165) is 37.5 Å². The van der Waals surface area contributed by atoms with E-state index in [4.69, 9.17) is 4.74 Å². The summed E-state index contributed by atoms with van der Waals surface area (Å²) in [6, 6.07) is 0. The Morgan fingerprint density at radius 2 is 2.04 bits per heavy atom. The summed E-state index contributed by atoms with van der Waals surface area (Å²) >= 11 is 0. The topological polar surface area (TPSA) is 26.3 Å². The van der Waals surface area contributed by atoms with Crippen molar-refractivity contribution in [3.05, 3.63) is 11.6 Å². The van der Waals surface area contributed by atoms with Crippen LogP contribution in [0, 0.1) is 29.1 Å². The van der Waals surface area contributed by atoms with Gasteiger partial charge >= 0.3 is 5.97 Å². The van der Waals surface area contributed by atoms with E-state index in [1.165, 1.54) is 31.8 Å². The molecule has 4 aliphatic rings. The fourth-order valence-corrected chi connectivity index (χ4v) is 6.57. The van der Waals surface area contributed by atoms with Crippen LogP contribution in [0.1, 0.15) is 65.2 Å². The van der Waals surface area contributed by atoms with Crippen LogP contribution in [-0.2, 0) is 9.53 Å². The number of fused-ring (bicyclic) bond motifs is 5. The Morgan fingerprint density at radius 1 is 1.22 bits per heavy atom. The third kappa shape index (κ3) is 2.46. The van der Waals surface area contributed by atoms with E-state index in [9.17, 15) is 9.18 Å². The number of hydrogen-bond donors (Lipinski definition) is 0. The van der Waals surface area contributed by atoms with Gasteiger partial charge in [0, 0.05) is 12.3 Å².